The van der Waals surface area contributed by atoms with Gasteiger partial charge in [-0.15, -0.1) is 0 Å². The van der Waals surface area contributed by atoms with Crippen molar-refractivity contribution < 1.29 is 27.8 Å². The van der Waals surface area contributed by atoms with Gasteiger partial charge in [0.2, 0.25) is 17.7 Å². The van der Waals surface area contributed by atoms with Crippen molar-refractivity contribution in [3.63, 3.8) is 0 Å². The minimum Gasteiger partial charge on any atom is -0.481 e. The largest absolute Gasteiger partial charge is 0.481 e. The lowest BCUT2D eigenvalue weighted by Crippen LogP contribution is -2.28. The van der Waals surface area contributed by atoms with E-state index in [1.807, 2.05) is 0 Å². The third-order valence-electron chi connectivity index (χ3n) is 3.83. The number of hydrogen-bond donors (Lipinski definition) is 2. The molecule has 0 aliphatic rings. The average Bonchev–Trinajstić information content (AvgIpc) is 2.96. The molecular formula is C18H18F3N5O3. The number of nitrogens with zero attached hydrogens (tertiary/aromatic N) is 4. The van der Waals surface area contributed by atoms with Gasteiger partial charge >= 0.3 is 6.18 Å². The summed E-state index contributed by atoms with van der Waals surface area (Å²) in [5.74, 6) is -0.311. The zero-order valence-electron chi connectivity index (χ0n) is 15.8. The monoisotopic (exact) mass is 409 g/mol. The number of anilines is 1. The van der Waals surface area contributed by atoms with Gasteiger partial charge in [-0.1, -0.05) is 0 Å². The van der Waals surface area contributed by atoms with Crippen LogP contribution in [0.3, 0.4) is 0 Å². The van der Waals surface area contributed by atoms with Gasteiger partial charge in [0.15, 0.2) is 5.65 Å². The molecule has 0 saturated heterocycles. The van der Waals surface area contributed by atoms with Gasteiger partial charge in [-0.05, 0) is 32.0 Å². The van der Waals surface area contributed by atoms with Crippen LogP contribution in [0, 0.1) is 0 Å². The number of fused-ring (bicyclic) bond motifs is 1. The van der Waals surface area contributed by atoms with Crippen LogP contribution in [0.5, 0.6) is 5.88 Å². The fourth-order valence-corrected chi connectivity index (χ4v) is 2.63. The predicted octanol–water partition coefficient (Wildman–Crippen LogP) is 2.94. The van der Waals surface area contributed by atoms with Crippen molar-refractivity contribution in [3.05, 3.63) is 36.2 Å². The van der Waals surface area contributed by atoms with Crippen molar-refractivity contribution in [2.45, 2.75) is 32.0 Å². The lowest BCUT2D eigenvalue weighted by molar-refractivity contribution is -0.141. The molecule has 1 amide bonds. The summed E-state index contributed by atoms with van der Waals surface area (Å²) in [7, 11) is 1.42. The van der Waals surface area contributed by atoms with E-state index in [0.29, 0.717) is 11.6 Å². The predicted molar refractivity (Wildman–Crippen MR) is 97.8 cm³/mol. The number of amides is 1. The Hall–Kier alpha value is -3.21. The van der Waals surface area contributed by atoms with Gasteiger partial charge in [0.1, 0.15) is 11.2 Å². The Morgan fingerprint density at radius 2 is 1.93 bits per heavy atom. The molecule has 3 heterocycles. The molecule has 8 nitrogen and oxygen atoms in total. The number of alkyl halides is 3. The number of imidazole rings is 1. The van der Waals surface area contributed by atoms with Crippen molar-refractivity contribution in [2.75, 3.05) is 12.4 Å². The summed E-state index contributed by atoms with van der Waals surface area (Å²) in [4.78, 5) is 24.2. The average molecular weight is 409 g/mol. The van der Waals surface area contributed by atoms with Crippen molar-refractivity contribution in [1.82, 2.24) is 19.5 Å². The minimum absolute atomic E-state index is 0.0481. The van der Waals surface area contributed by atoms with Gasteiger partial charge in [0.25, 0.3) is 0 Å². The van der Waals surface area contributed by atoms with Crippen molar-refractivity contribution in [3.8, 4) is 11.6 Å². The SMILES string of the molecule is COc1ccc(-n2c(NC(=O)CC(C)(C)O)nc3ccc(C(F)(F)F)nc32)cn1. The van der Waals surface area contributed by atoms with Crippen LogP contribution in [-0.2, 0) is 11.0 Å². The lowest BCUT2D eigenvalue weighted by atomic mass is 10.1. The van der Waals surface area contributed by atoms with Crippen LogP contribution in [0.15, 0.2) is 30.5 Å². The molecule has 0 aromatic carbocycles. The highest BCUT2D eigenvalue weighted by atomic mass is 19.4. The fourth-order valence-electron chi connectivity index (χ4n) is 2.63. The Bertz CT molecular complexity index is 1040. The van der Waals surface area contributed by atoms with Gasteiger partial charge < -0.3 is 9.84 Å². The van der Waals surface area contributed by atoms with Crippen LogP contribution in [0.1, 0.15) is 26.0 Å². The highest BCUT2D eigenvalue weighted by Gasteiger charge is 2.33. The number of carbonyl (C=O) groups is 1. The molecule has 29 heavy (non-hydrogen) atoms. The van der Waals surface area contributed by atoms with E-state index >= 15 is 0 Å². The van der Waals surface area contributed by atoms with E-state index in [-0.39, 0.29) is 23.5 Å². The quantitative estimate of drug-likeness (QED) is 0.672. The number of aliphatic hydroxyl groups is 1. The third-order valence-corrected chi connectivity index (χ3v) is 3.83. The van der Waals surface area contributed by atoms with Crippen molar-refractivity contribution in [1.29, 1.82) is 0 Å². The molecule has 0 unspecified atom stereocenters. The smallest absolute Gasteiger partial charge is 0.433 e. The first-order chi connectivity index (χ1) is 13.5. The maximum atomic E-state index is 13.1. The molecule has 0 spiro atoms. The molecule has 11 heteroatoms. The molecule has 0 bridgehead atoms. The van der Waals surface area contributed by atoms with Crippen LogP contribution in [0.2, 0.25) is 0 Å². The Kier molecular flexibility index (Phi) is 5.18. The van der Waals surface area contributed by atoms with E-state index < -0.39 is 23.4 Å². The number of nitrogens with one attached hydrogen (secondary N) is 1. The Balaban J connectivity index is 2.14. The molecule has 3 rings (SSSR count). The first kappa shape index (κ1) is 20.5. The number of halogens is 3. The van der Waals surface area contributed by atoms with Crippen LogP contribution in [0.4, 0.5) is 19.1 Å². The van der Waals surface area contributed by atoms with Gasteiger partial charge in [-0.2, -0.15) is 13.2 Å². The van der Waals surface area contributed by atoms with E-state index in [9.17, 15) is 23.1 Å². The fraction of sp³-hybridized carbons (Fsp3) is 0.333. The second kappa shape index (κ2) is 7.32. The molecule has 0 aliphatic carbocycles. The number of aromatic nitrogens is 4. The number of pyridine rings is 2. The molecule has 3 aromatic rings. The maximum Gasteiger partial charge on any atom is 0.433 e. The molecule has 154 valence electrons. The number of hydrogen-bond acceptors (Lipinski definition) is 6. The Morgan fingerprint density at radius 1 is 1.21 bits per heavy atom. The summed E-state index contributed by atoms with van der Waals surface area (Å²) in [6.45, 7) is 2.92. The lowest BCUT2D eigenvalue weighted by Gasteiger charge is -2.16. The molecule has 0 saturated carbocycles. The van der Waals surface area contributed by atoms with Crippen molar-refractivity contribution in [2.24, 2.45) is 0 Å². The van der Waals surface area contributed by atoms with E-state index in [1.54, 1.807) is 6.07 Å². The van der Waals surface area contributed by atoms with Crippen molar-refractivity contribution >= 4 is 23.0 Å². The van der Waals surface area contributed by atoms with E-state index in [1.165, 1.54) is 43.9 Å². The molecule has 0 aliphatic heterocycles. The summed E-state index contributed by atoms with van der Waals surface area (Å²) in [5, 5.41) is 12.3. The van der Waals surface area contributed by atoms with Crippen LogP contribution >= 0.6 is 0 Å². The number of methoxy groups -OCH3 is 1. The van der Waals surface area contributed by atoms with Gasteiger partial charge in [0, 0.05) is 6.07 Å². The van der Waals surface area contributed by atoms with E-state index in [2.05, 4.69) is 20.3 Å². The highest BCUT2D eigenvalue weighted by molar-refractivity contribution is 5.92. The van der Waals surface area contributed by atoms with Crippen LogP contribution in [-0.4, -0.2) is 43.2 Å². The molecule has 0 atom stereocenters. The third kappa shape index (κ3) is 4.62. The summed E-state index contributed by atoms with van der Waals surface area (Å²) >= 11 is 0. The zero-order chi connectivity index (χ0) is 21.4. The summed E-state index contributed by atoms with van der Waals surface area (Å²) in [5.41, 5.74) is -2.01. The van der Waals surface area contributed by atoms with Gasteiger partial charge in [-0.3, -0.25) is 14.7 Å². The standard InChI is InChI=1S/C18H18F3N5O3/c1-17(2,28)8-13(27)25-16-23-11-5-6-12(18(19,20)21)24-15(11)26(16)10-4-7-14(29-3)22-9-10/h4-7,9,28H,8H2,1-3H3,(H,23,25,27). The Morgan fingerprint density at radius 3 is 2.48 bits per heavy atom. The second-order valence-electron chi connectivity index (χ2n) is 6.90. The summed E-state index contributed by atoms with van der Waals surface area (Å²) < 4.78 is 45.6. The van der Waals surface area contributed by atoms with Crippen LogP contribution < -0.4 is 10.1 Å². The molecule has 0 fully saturated rings. The number of carbonyl (C=O) groups excluding carboxylic acids is 1. The first-order valence-corrected chi connectivity index (χ1v) is 8.47. The highest BCUT2D eigenvalue weighted by Crippen LogP contribution is 2.31. The van der Waals surface area contributed by atoms with Gasteiger partial charge in [0.05, 0.1) is 31.0 Å². The molecule has 2 N–H and O–H groups in total. The zero-order valence-corrected chi connectivity index (χ0v) is 15.8. The van der Waals surface area contributed by atoms with E-state index in [4.69, 9.17) is 4.74 Å². The maximum absolute atomic E-state index is 13.1. The normalized spacial score (nSPS) is 12.2. The van der Waals surface area contributed by atoms with E-state index in [0.717, 1.165) is 6.07 Å². The van der Waals surface area contributed by atoms with Gasteiger partial charge in [-0.25, -0.2) is 15.0 Å². The summed E-state index contributed by atoms with van der Waals surface area (Å²) in [6, 6.07) is 5.04. The number of rotatable bonds is 5. The minimum atomic E-state index is -4.65. The molecular weight excluding hydrogens is 391 g/mol. The number of ether oxygens (including phenoxy) is 1. The molecule has 3 aromatic heterocycles. The second-order valence-corrected chi connectivity index (χ2v) is 6.90. The summed E-state index contributed by atoms with van der Waals surface area (Å²) in [6.07, 6.45) is -3.53. The first-order valence-electron chi connectivity index (χ1n) is 8.47. The van der Waals surface area contributed by atoms with Crippen LogP contribution in [0.25, 0.3) is 16.9 Å². The topological polar surface area (TPSA) is 102 Å². The molecule has 0 radical (unpaired) electrons. The Labute approximate surface area is 163 Å².